The summed E-state index contributed by atoms with van der Waals surface area (Å²) in [6.45, 7) is 7.66. The molecular formula is C14H22Cl3N. The van der Waals surface area contributed by atoms with Gasteiger partial charge in [-0.1, -0.05) is 23.7 Å². The molecule has 0 aliphatic rings. The van der Waals surface area contributed by atoms with Crippen molar-refractivity contribution in [3.05, 3.63) is 34.9 Å². The summed E-state index contributed by atoms with van der Waals surface area (Å²) >= 11 is 16.9. The Bertz CT molecular complexity index is 294. The smallest absolute Gasteiger partial charge is 0.0432 e. The van der Waals surface area contributed by atoms with E-state index in [1.807, 2.05) is 45.0 Å². The predicted octanol–water partition coefficient (Wildman–Crippen LogP) is 4.73. The molecule has 1 rings (SSSR count). The molecule has 0 amide bonds. The summed E-state index contributed by atoms with van der Waals surface area (Å²) < 4.78 is 0. The molecule has 0 aliphatic heterocycles. The Morgan fingerprint density at radius 3 is 2.00 bits per heavy atom. The molecule has 0 bridgehead atoms. The van der Waals surface area contributed by atoms with Crippen LogP contribution in [0.15, 0.2) is 24.3 Å². The molecule has 4 heteroatoms. The lowest BCUT2D eigenvalue weighted by molar-refractivity contribution is 0.675. The summed E-state index contributed by atoms with van der Waals surface area (Å²) in [4.78, 5) is 0. The van der Waals surface area contributed by atoms with E-state index < -0.39 is 0 Å². The average Bonchev–Trinajstić information content (AvgIpc) is 2.26. The third-order valence-corrected chi connectivity index (χ3v) is 2.34. The average molecular weight is 311 g/mol. The number of alkyl halides is 2. The highest BCUT2D eigenvalue weighted by molar-refractivity contribution is 6.30. The predicted molar refractivity (Wildman–Crippen MR) is 84.3 cm³/mol. The summed E-state index contributed by atoms with van der Waals surface area (Å²) in [5, 5.41) is 4.57. The van der Waals surface area contributed by atoms with Gasteiger partial charge in [0.25, 0.3) is 0 Å². The first-order valence-electron chi connectivity index (χ1n) is 6.15. The number of benzene rings is 1. The lowest BCUT2D eigenvalue weighted by Gasteiger charge is -2.05. The Kier molecular flexibility index (Phi) is 11.0. The molecule has 0 heterocycles. The van der Waals surface area contributed by atoms with Crippen LogP contribution in [0.25, 0.3) is 0 Å². The van der Waals surface area contributed by atoms with Crippen LogP contribution in [0.3, 0.4) is 0 Å². The fourth-order valence-electron chi connectivity index (χ4n) is 1.18. The normalized spacial score (nSPS) is 11.9. The highest BCUT2D eigenvalue weighted by Crippen LogP contribution is 2.09. The fourth-order valence-corrected chi connectivity index (χ4v) is 1.42. The van der Waals surface area contributed by atoms with Crippen LogP contribution in [0.4, 0.5) is 0 Å². The zero-order valence-corrected chi connectivity index (χ0v) is 13.5. The second-order valence-electron chi connectivity index (χ2n) is 4.38. The maximum atomic E-state index is 5.80. The van der Waals surface area contributed by atoms with Crippen LogP contribution in [-0.2, 0) is 6.42 Å². The third-order valence-electron chi connectivity index (χ3n) is 1.93. The number of hydrogen-bond donors (Lipinski definition) is 1. The lowest BCUT2D eigenvalue weighted by Crippen LogP contribution is -2.23. The maximum Gasteiger partial charge on any atom is 0.0432 e. The molecular weight excluding hydrogens is 289 g/mol. The molecule has 1 unspecified atom stereocenters. The van der Waals surface area contributed by atoms with E-state index in [4.69, 9.17) is 34.8 Å². The van der Waals surface area contributed by atoms with Gasteiger partial charge in [-0.05, 0) is 51.4 Å². The van der Waals surface area contributed by atoms with Gasteiger partial charge in [-0.15, -0.1) is 23.2 Å². The van der Waals surface area contributed by atoms with Crippen LogP contribution >= 0.6 is 34.8 Å². The Hall–Kier alpha value is 0.0500. The first kappa shape index (κ1) is 18.0. The molecule has 1 aromatic carbocycles. The van der Waals surface area contributed by atoms with Crippen molar-refractivity contribution >= 4 is 34.8 Å². The van der Waals surface area contributed by atoms with Crippen molar-refractivity contribution in [2.45, 2.75) is 37.9 Å². The Morgan fingerprint density at radius 2 is 1.56 bits per heavy atom. The SMILES string of the molecule is CC(C)Cl.CC(Cl)CNCCc1ccc(Cl)cc1. The fraction of sp³-hybridized carbons (Fsp3) is 0.571. The summed E-state index contributed by atoms with van der Waals surface area (Å²) in [7, 11) is 0. The molecule has 0 radical (unpaired) electrons. The van der Waals surface area contributed by atoms with Gasteiger partial charge in [0, 0.05) is 22.3 Å². The van der Waals surface area contributed by atoms with Gasteiger partial charge >= 0.3 is 0 Å². The van der Waals surface area contributed by atoms with Gasteiger partial charge in [0.2, 0.25) is 0 Å². The highest BCUT2D eigenvalue weighted by Gasteiger charge is 1.96. The zero-order valence-electron chi connectivity index (χ0n) is 11.2. The van der Waals surface area contributed by atoms with Crippen molar-refractivity contribution < 1.29 is 0 Å². The van der Waals surface area contributed by atoms with Gasteiger partial charge < -0.3 is 5.32 Å². The summed E-state index contributed by atoms with van der Waals surface area (Å²) in [6.07, 6.45) is 1.01. The first-order chi connectivity index (χ1) is 8.41. The Morgan fingerprint density at radius 1 is 1.06 bits per heavy atom. The third kappa shape index (κ3) is 12.5. The van der Waals surface area contributed by atoms with Crippen molar-refractivity contribution in [2.24, 2.45) is 0 Å². The van der Waals surface area contributed by atoms with E-state index in [0.29, 0.717) is 5.38 Å². The van der Waals surface area contributed by atoms with Crippen LogP contribution in [0.2, 0.25) is 5.02 Å². The molecule has 0 saturated heterocycles. The summed E-state index contributed by atoms with van der Waals surface area (Å²) in [5.74, 6) is 0. The second kappa shape index (κ2) is 10.9. The van der Waals surface area contributed by atoms with Gasteiger partial charge in [-0.25, -0.2) is 0 Å². The largest absolute Gasteiger partial charge is 0.315 e. The maximum absolute atomic E-state index is 5.80. The standard InChI is InChI=1S/C11H15Cl2N.C3H7Cl/c1-9(12)8-14-7-6-10-2-4-11(13)5-3-10;1-3(2)4/h2-5,9,14H,6-8H2,1H3;3H,1-2H3. The molecule has 18 heavy (non-hydrogen) atoms. The van der Waals surface area contributed by atoms with Crippen LogP contribution < -0.4 is 5.32 Å². The molecule has 0 aliphatic carbocycles. The van der Waals surface area contributed by atoms with Crippen molar-refractivity contribution in [3.63, 3.8) is 0 Å². The van der Waals surface area contributed by atoms with E-state index in [0.717, 1.165) is 24.5 Å². The van der Waals surface area contributed by atoms with E-state index >= 15 is 0 Å². The molecule has 1 atom stereocenters. The lowest BCUT2D eigenvalue weighted by atomic mass is 10.1. The second-order valence-corrected chi connectivity index (χ2v) is 6.43. The minimum absolute atomic E-state index is 0.195. The van der Waals surface area contributed by atoms with Gasteiger partial charge in [0.05, 0.1) is 0 Å². The Labute approximate surface area is 126 Å². The highest BCUT2D eigenvalue weighted by atomic mass is 35.5. The summed E-state index contributed by atoms with van der Waals surface area (Å²) in [6, 6.07) is 7.93. The van der Waals surface area contributed by atoms with Crippen molar-refractivity contribution in [2.75, 3.05) is 13.1 Å². The minimum Gasteiger partial charge on any atom is -0.315 e. The molecule has 1 aromatic rings. The van der Waals surface area contributed by atoms with E-state index in [1.165, 1.54) is 5.56 Å². The topological polar surface area (TPSA) is 12.0 Å². The molecule has 1 nitrogen and oxygen atoms in total. The molecule has 0 saturated carbocycles. The van der Waals surface area contributed by atoms with E-state index in [2.05, 4.69) is 5.32 Å². The van der Waals surface area contributed by atoms with E-state index in [-0.39, 0.29) is 5.38 Å². The van der Waals surface area contributed by atoms with Crippen molar-refractivity contribution in [1.82, 2.24) is 5.32 Å². The summed E-state index contributed by atoms with van der Waals surface area (Å²) in [5.41, 5.74) is 1.30. The molecule has 0 aromatic heterocycles. The number of nitrogens with one attached hydrogen (secondary N) is 1. The van der Waals surface area contributed by atoms with Crippen LogP contribution in [0.5, 0.6) is 0 Å². The zero-order chi connectivity index (χ0) is 14.0. The van der Waals surface area contributed by atoms with Crippen LogP contribution in [-0.4, -0.2) is 23.8 Å². The van der Waals surface area contributed by atoms with E-state index in [1.54, 1.807) is 0 Å². The molecule has 0 fully saturated rings. The first-order valence-corrected chi connectivity index (χ1v) is 7.40. The van der Waals surface area contributed by atoms with Gasteiger partial charge in [0.15, 0.2) is 0 Å². The van der Waals surface area contributed by atoms with Crippen molar-refractivity contribution in [1.29, 1.82) is 0 Å². The van der Waals surface area contributed by atoms with Crippen LogP contribution in [0, 0.1) is 0 Å². The van der Waals surface area contributed by atoms with Crippen LogP contribution in [0.1, 0.15) is 26.3 Å². The Balaban J connectivity index is 0.000000631. The molecule has 104 valence electrons. The monoisotopic (exact) mass is 309 g/mol. The van der Waals surface area contributed by atoms with Gasteiger partial charge in [-0.2, -0.15) is 0 Å². The van der Waals surface area contributed by atoms with Gasteiger partial charge in [-0.3, -0.25) is 0 Å². The van der Waals surface area contributed by atoms with Gasteiger partial charge in [0.1, 0.15) is 0 Å². The van der Waals surface area contributed by atoms with Crippen molar-refractivity contribution in [3.8, 4) is 0 Å². The molecule has 1 N–H and O–H groups in total. The minimum atomic E-state index is 0.195. The quantitative estimate of drug-likeness (QED) is 0.612. The number of rotatable bonds is 5. The number of hydrogen-bond acceptors (Lipinski definition) is 1. The molecule has 0 spiro atoms. The number of halogens is 3. The van der Waals surface area contributed by atoms with E-state index in [9.17, 15) is 0 Å².